The molecule has 0 heterocycles. The molecule has 0 aromatic rings. The minimum atomic E-state index is -4.87. The fourth-order valence-electron chi connectivity index (χ4n) is 0.940. The molecule has 0 bridgehead atoms. The zero-order valence-electron chi connectivity index (χ0n) is 7.99. The molecular weight excluding hydrogens is 197 g/mol. The van der Waals surface area contributed by atoms with Gasteiger partial charge in [-0.05, 0) is 6.42 Å². The van der Waals surface area contributed by atoms with Crippen LogP contribution in [-0.2, 0) is 9.59 Å². The highest BCUT2D eigenvalue weighted by Crippen LogP contribution is 2.18. The van der Waals surface area contributed by atoms with Crippen LogP contribution >= 0.6 is 0 Å². The van der Waals surface area contributed by atoms with Crippen LogP contribution in [0, 0.1) is 0 Å². The molecule has 0 atom stereocenters. The van der Waals surface area contributed by atoms with Crippen LogP contribution in [-0.4, -0.2) is 17.7 Å². The molecule has 0 saturated carbocycles. The second kappa shape index (κ2) is 5.78. The summed E-state index contributed by atoms with van der Waals surface area (Å²) < 4.78 is 35.1. The number of unbranched alkanes of at least 4 members (excludes halogenated alkanes) is 2. The van der Waals surface area contributed by atoms with Gasteiger partial charge in [-0.3, -0.25) is 9.59 Å². The Kier molecular flexibility index (Phi) is 5.42. The molecule has 0 fully saturated rings. The van der Waals surface area contributed by atoms with Gasteiger partial charge in [0.05, 0.1) is 6.42 Å². The van der Waals surface area contributed by atoms with Crippen molar-refractivity contribution in [2.75, 3.05) is 0 Å². The molecular formula is C9H13F3O2. The smallest absolute Gasteiger partial charge is 0.299 e. The molecule has 0 unspecified atom stereocenters. The number of hydrogen-bond donors (Lipinski definition) is 0. The Morgan fingerprint density at radius 2 is 1.71 bits per heavy atom. The van der Waals surface area contributed by atoms with Crippen molar-refractivity contribution in [1.29, 1.82) is 0 Å². The van der Waals surface area contributed by atoms with Crippen molar-refractivity contribution in [2.45, 2.75) is 45.2 Å². The Balaban J connectivity index is 3.78. The average molecular weight is 210 g/mol. The third-order valence-corrected chi connectivity index (χ3v) is 1.73. The van der Waals surface area contributed by atoms with Gasteiger partial charge in [-0.15, -0.1) is 0 Å². The highest BCUT2D eigenvalue weighted by atomic mass is 19.4. The van der Waals surface area contributed by atoms with Gasteiger partial charge in [-0.1, -0.05) is 19.8 Å². The molecule has 0 saturated heterocycles. The van der Waals surface area contributed by atoms with Crippen LogP contribution in [0.2, 0.25) is 0 Å². The van der Waals surface area contributed by atoms with Crippen molar-refractivity contribution in [3.8, 4) is 0 Å². The third kappa shape index (κ3) is 5.72. The van der Waals surface area contributed by atoms with E-state index < -0.39 is 24.2 Å². The van der Waals surface area contributed by atoms with Gasteiger partial charge in [0.2, 0.25) is 5.78 Å². The topological polar surface area (TPSA) is 34.1 Å². The summed E-state index contributed by atoms with van der Waals surface area (Å²) in [6.45, 7) is 1.92. The van der Waals surface area contributed by atoms with E-state index >= 15 is 0 Å². The quantitative estimate of drug-likeness (QED) is 0.499. The van der Waals surface area contributed by atoms with Crippen molar-refractivity contribution in [1.82, 2.24) is 0 Å². The molecule has 0 aromatic carbocycles. The fraction of sp³-hybridized carbons (Fsp3) is 0.778. The molecule has 0 amide bonds. The van der Waals surface area contributed by atoms with E-state index in [1.165, 1.54) is 0 Å². The summed E-state index contributed by atoms with van der Waals surface area (Å²) in [6.07, 6.45) is -3.57. The van der Waals surface area contributed by atoms with Crippen LogP contribution in [0.1, 0.15) is 39.0 Å². The van der Waals surface area contributed by atoms with E-state index in [-0.39, 0.29) is 6.42 Å². The first-order valence-electron chi connectivity index (χ1n) is 4.49. The first kappa shape index (κ1) is 13.1. The van der Waals surface area contributed by atoms with Gasteiger partial charge in [0, 0.05) is 6.42 Å². The second-order valence-electron chi connectivity index (χ2n) is 3.09. The third-order valence-electron chi connectivity index (χ3n) is 1.73. The van der Waals surface area contributed by atoms with Crippen LogP contribution in [0.15, 0.2) is 0 Å². The number of Topliss-reactive ketones (excluding diaryl/α,β-unsaturated/α-hetero) is 2. The molecule has 14 heavy (non-hydrogen) atoms. The summed E-state index contributed by atoms with van der Waals surface area (Å²) >= 11 is 0. The Bertz CT molecular complexity index is 209. The molecule has 0 aromatic heterocycles. The molecule has 0 N–H and O–H groups in total. The van der Waals surface area contributed by atoms with Gasteiger partial charge in [0.15, 0.2) is 0 Å². The summed E-state index contributed by atoms with van der Waals surface area (Å²) in [5.74, 6) is -2.57. The summed E-state index contributed by atoms with van der Waals surface area (Å²) in [6, 6.07) is 0. The van der Waals surface area contributed by atoms with Gasteiger partial charge in [0.1, 0.15) is 5.78 Å². The summed E-state index contributed by atoms with van der Waals surface area (Å²) in [5.41, 5.74) is 0. The SMILES string of the molecule is CCCCCC(=O)CC(=O)C(F)(F)F. The van der Waals surface area contributed by atoms with Gasteiger partial charge in [-0.25, -0.2) is 0 Å². The van der Waals surface area contributed by atoms with Gasteiger partial charge < -0.3 is 0 Å². The Hall–Kier alpha value is -0.870. The number of alkyl halides is 3. The number of rotatable bonds is 6. The van der Waals surface area contributed by atoms with Crippen molar-refractivity contribution in [3.05, 3.63) is 0 Å². The van der Waals surface area contributed by atoms with E-state index in [0.717, 1.165) is 12.8 Å². The van der Waals surface area contributed by atoms with Crippen molar-refractivity contribution in [2.24, 2.45) is 0 Å². The average Bonchev–Trinajstić information content (AvgIpc) is 2.03. The predicted octanol–water partition coefficient (Wildman–Crippen LogP) is 2.66. The van der Waals surface area contributed by atoms with Crippen LogP contribution < -0.4 is 0 Å². The number of halogens is 3. The molecule has 0 aliphatic heterocycles. The van der Waals surface area contributed by atoms with E-state index in [2.05, 4.69) is 0 Å². The van der Waals surface area contributed by atoms with Crippen LogP contribution in [0.25, 0.3) is 0 Å². The minimum absolute atomic E-state index is 0.0651. The lowest BCUT2D eigenvalue weighted by atomic mass is 10.1. The van der Waals surface area contributed by atoms with Crippen molar-refractivity contribution >= 4 is 11.6 Å². The molecule has 0 aliphatic rings. The van der Waals surface area contributed by atoms with Crippen LogP contribution in [0.5, 0.6) is 0 Å². The number of hydrogen-bond acceptors (Lipinski definition) is 2. The summed E-state index contributed by atoms with van der Waals surface area (Å²) in [4.78, 5) is 21.2. The molecule has 0 rings (SSSR count). The van der Waals surface area contributed by atoms with E-state index in [9.17, 15) is 22.8 Å². The normalized spacial score (nSPS) is 11.4. The lowest BCUT2D eigenvalue weighted by Crippen LogP contribution is -2.25. The Labute approximate surface area is 80.5 Å². The monoisotopic (exact) mass is 210 g/mol. The molecule has 2 nitrogen and oxygen atoms in total. The zero-order valence-corrected chi connectivity index (χ0v) is 7.99. The lowest BCUT2D eigenvalue weighted by Gasteiger charge is -2.03. The maximum absolute atomic E-state index is 11.7. The van der Waals surface area contributed by atoms with Crippen LogP contribution in [0.4, 0.5) is 13.2 Å². The molecule has 0 aliphatic carbocycles. The number of ketones is 2. The number of carbonyl (C=O) groups is 2. The molecule has 0 radical (unpaired) electrons. The maximum atomic E-state index is 11.7. The standard InChI is InChI=1S/C9H13F3O2/c1-2-3-4-5-7(13)6-8(14)9(10,11)12/h2-6H2,1H3. The highest BCUT2D eigenvalue weighted by molar-refractivity contribution is 6.01. The molecule has 82 valence electrons. The summed E-state index contributed by atoms with van der Waals surface area (Å²) in [7, 11) is 0. The van der Waals surface area contributed by atoms with E-state index in [1.54, 1.807) is 0 Å². The first-order valence-corrected chi connectivity index (χ1v) is 4.49. The first-order chi connectivity index (χ1) is 6.38. The lowest BCUT2D eigenvalue weighted by molar-refractivity contribution is -0.171. The van der Waals surface area contributed by atoms with Crippen molar-refractivity contribution in [3.63, 3.8) is 0 Å². The maximum Gasteiger partial charge on any atom is 0.450 e. The van der Waals surface area contributed by atoms with Gasteiger partial charge in [-0.2, -0.15) is 13.2 Å². The van der Waals surface area contributed by atoms with Crippen molar-refractivity contribution < 1.29 is 22.8 Å². The van der Waals surface area contributed by atoms with E-state index in [1.807, 2.05) is 6.92 Å². The Morgan fingerprint density at radius 3 is 2.14 bits per heavy atom. The number of carbonyl (C=O) groups excluding carboxylic acids is 2. The highest BCUT2D eigenvalue weighted by Gasteiger charge is 2.38. The minimum Gasteiger partial charge on any atom is -0.299 e. The molecule has 0 spiro atoms. The van der Waals surface area contributed by atoms with Gasteiger partial charge >= 0.3 is 6.18 Å². The fourth-order valence-corrected chi connectivity index (χ4v) is 0.940. The molecule has 5 heteroatoms. The Morgan fingerprint density at radius 1 is 1.14 bits per heavy atom. The zero-order chi connectivity index (χ0) is 11.2. The van der Waals surface area contributed by atoms with Gasteiger partial charge in [0.25, 0.3) is 0 Å². The van der Waals surface area contributed by atoms with Crippen LogP contribution in [0.3, 0.4) is 0 Å². The van der Waals surface area contributed by atoms with E-state index in [4.69, 9.17) is 0 Å². The summed E-state index contributed by atoms with van der Waals surface area (Å²) in [5, 5.41) is 0. The predicted molar refractivity (Wildman–Crippen MR) is 44.8 cm³/mol. The van der Waals surface area contributed by atoms with E-state index in [0.29, 0.717) is 6.42 Å². The largest absolute Gasteiger partial charge is 0.450 e. The second-order valence-corrected chi connectivity index (χ2v) is 3.09.